The second kappa shape index (κ2) is 6.78. The number of likely N-dealkylation sites (N-methyl/N-ethyl adjacent to an activating group) is 1. The molecule has 0 radical (unpaired) electrons. The Bertz CT molecular complexity index is 523. The van der Waals surface area contributed by atoms with Crippen LogP contribution >= 0.6 is 0 Å². The molecule has 1 amide bonds. The monoisotopic (exact) mass is 301 g/mol. The van der Waals surface area contributed by atoms with Gasteiger partial charge in [-0.25, -0.2) is 0 Å². The lowest BCUT2D eigenvalue weighted by molar-refractivity contribution is 0.0691. The number of carbonyl (C=O) groups is 1. The summed E-state index contributed by atoms with van der Waals surface area (Å²) in [6, 6.07) is 4.11. The lowest BCUT2D eigenvalue weighted by Gasteiger charge is -2.31. The third kappa shape index (κ3) is 3.49. The molecule has 4 heteroatoms. The first kappa shape index (κ1) is 15.5. The largest absolute Gasteiger partial charge is 0.337 e. The SMILES string of the molecule is CC1CCN(C(=O)c2cc([C@@H]3CCCN(C)C3)ccn2)CC1. The minimum atomic E-state index is 0.109. The molecule has 1 aromatic rings. The average molecular weight is 301 g/mol. The Balaban J connectivity index is 1.71. The van der Waals surface area contributed by atoms with Crippen molar-refractivity contribution >= 4 is 5.91 Å². The minimum Gasteiger partial charge on any atom is -0.337 e. The van der Waals surface area contributed by atoms with Gasteiger partial charge < -0.3 is 9.80 Å². The summed E-state index contributed by atoms with van der Waals surface area (Å²) < 4.78 is 0. The topological polar surface area (TPSA) is 36.4 Å². The number of likely N-dealkylation sites (tertiary alicyclic amines) is 2. The van der Waals surface area contributed by atoms with Gasteiger partial charge in [-0.2, -0.15) is 0 Å². The van der Waals surface area contributed by atoms with E-state index in [9.17, 15) is 4.79 Å². The minimum absolute atomic E-state index is 0.109. The normalized spacial score (nSPS) is 24.5. The predicted molar refractivity (Wildman–Crippen MR) is 88.0 cm³/mol. The standard InChI is InChI=1S/C18H27N3O/c1-14-6-10-21(11-7-14)18(22)17-12-15(5-8-19-17)16-4-3-9-20(2)13-16/h5,8,12,14,16H,3-4,6-7,9-11,13H2,1-2H3/t16-/m1/s1. The van der Waals surface area contributed by atoms with Crippen LogP contribution in [0.3, 0.4) is 0 Å². The summed E-state index contributed by atoms with van der Waals surface area (Å²) in [7, 11) is 2.17. The van der Waals surface area contributed by atoms with Gasteiger partial charge in [-0.3, -0.25) is 9.78 Å². The van der Waals surface area contributed by atoms with Crippen molar-refractivity contribution in [2.75, 3.05) is 33.2 Å². The van der Waals surface area contributed by atoms with Gasteiger partial charge in [0.25, 0.3) is 5.91 Å². The fourth-order valence-corrected chi connectivity index (χ4v) is 3.63. The molecule has 1 aromatic heterocycles. The summed E-state index contributed by atoms with van der Waals surface area (Å²) in [4.78, 5) is 21.3. The Morgan fingerprint density at radius 3 is 2.73 bits per heavy atom. The maximum atomic E-state index is 12.7. The fraction of sp³-hybridized carbons (Fsp3) is 0.667. The second-order valence-electron chi connectivity index (χ2n) is 7.05. The summed E-state index contributed by atoms with van der Waals surface area (Å²) in [5.41, 5.74) is 1.90. The maximum absolute atomic E-state index is 12.7. The molecule has 2 saturated heterocycles. The van der Waals surface area contributed by atoms with Crippen molar-refractivity contribution in [2.24, 2.45) is 5.92 Å². The summed E-state index contributed by atoms with van der Waals surface area (Å²) in [5.74, 6) is 1.38. The smallest absolute Gasteiger partial charge is 0.272 e. The van der Waals surface area contributed by atoms with E-state index in [-0.39, 0.29) is 5.91 Å². The van der Waals surface area contributed by atoms with Crippen LogP contribution in [0.4, 0.5) is 0 Å². The van der Waals surface area contributed by atoms with Crippen molar-refractivity contribution in [1.82, 2.24) is 14.8 Å². The number of amides is 1. The first-order chi connectivity index (χ1) is 10.6. The van der Waals surface area contributed by atoms with E-state index in [4.69, 9.17) is 0 Å². The van der Waals surface area contributed by atoms with Crippen LogP contribution in [-0.4, -0.2) is 53.9 Å². The molecular formula is C18H27N3O. The summed E-state index contributed by atoms with van der Waals surface area (Å²) >= 11 is 0. The van der Waals surface area contributed by atoms with Gasteiger partial charge in [0.2, 0.25) is 0 Å². The highest BCUT2D eigenvalue weighted by atomic mass is 16.2. The highest BCUT2D eigenvalue weighted by Gasteiger charge is 2.24. The van der Waals surface area contributed by atoms with Gasteiger partial charge in [-0.1, -0.05) is 6.92 Å². The molecule has 4 nitrogen and oxygen atoms in total. The van der Waals surface area contributed by atoms with Crippen LogP contribution in [0.25, 0.3) is 0 Å². The van der Waals surface area contributed by atoms with Crippen LogP contribution in [0.5, 0.6) is 0 Å². The van der Waals surface area contributed by atoms with Crippen molar-refractivity contribution in [2.45, 2.75) is 38.5 Å². The van der Waals surface area contributed by atoms with Crippen molar-refractivity contribution in [1.29, 1.82) is 0 Å². The molecule has 1 atom stereocenters. The summed E-state index contributed by atoms with van der Waals surface area (Å²) in [6.07, 6.45) is 6.47. The number of hydrogen-bond acceptors (Lipinski definition) is 3. The molecule has 0 spiro atoms. The molecule has 0 unspecified atom stereocenters. The van der Waals surface area contributed by atoms with E-state index in [0.717, 1.165) is 38.4 Å². The van der Waals surface area contributed by atoms with Gasteiger partial charge in [-0.05, 0) is 68.8 Å². The quantitative estimate of drug-likeness (QED) is 0.843. The second-order valence-corrected chi connectivity index (χ2v) is 7.05. The molecule has 0 N–H and O–H groups in total. The van der Waals surface area contributed by atoms with Crippen molar-refractivity contribution < 1.29 is 4.79 Å². The van der Waals surface area contributed by atoms with Crippen LogP contribution in [0.15, 0.2) is 18.3 Å². The van der Waals surface area contributed by atoms with Crippen LogP contribution < -0.4 is 0 Å². The van der Waals surface area contributed by atoms with Gasteiger partial charge in [0.1, 0.15) is 5.69 Å². The molecule has 120 valence electrons. The van der Waals surface area contributed by atoms with Gasteiger partial charge >= 0.3 is 0 Å². The van der Waals surface area contributed by atoms with E-state index in [1.807, 2.05) is 17.2 Å². The van der Waals surface area contributed by atoms with E-state index in [1.165, 1.54) is 24.9 Å². The maximum Gasteiger partial charge on any atom is 0.272 e. The molecular weight excluding hydrogens is 274 g/mol. The highest BCUT2D eigenvalue weighted by molar-refractivity contribution is 5.92. The molecule has 2 fully saturated rings. The zero-order valence-electron chi connectivity index (χ0n) is 13.8. The van der Waals surface area contributed by atoms with E-state index in [1.54, 1.807) is 0 Å². The van der Waals surface area contributed by atoms with Crippen molar-refractivity contribution in [3.05, 3.63) is 29.6 Å². The van der Waals surface area contributed by atoms with Gasteiger partial charge in [0.15, 0.2) is 0 Å². The Kier molecular flexibility index (Phi) is 4.77. The molecule has 0 aromatic carbocycles. The number of nitrogens with zero attached hydrogens (tertiary/aromatic N) is 3. The number of rotatable bonds is 2. The number of pyridine rings is 1. The third-order valence-electron chi connectivity index (χ3n) is 5.17. The lowest BCUT2D eigenvalue weighted by Crippen LogP contribution is -2.38. The first-order valence-electron chi connectivity index (χ1n) is 8.57. The Labute approximate surface area is 133 Å². The molecule has 0 saturated carbocycles. The summed E-state index contributed by atoms with van der Waals surface area (Å²) in [6.45, 7) is 6.27. The van der Waals surface area contributed by atoms with Crippen LogP contribution in [-0.2, 0) is 0 Å². The van der Waals surface area contributed by atoms with E-state index >= 15 is 0 Å². The van der Waals surface area contributed by atoms with Crippen molar-refractivity contribution in [3.63, 3.8) is 0 Å². The van der Waals surface area contributed by atoms with Crippen molar-refractivity contribution in [3.8, 4) is 0 Å². The highest BCUT2D eigenvalue weighted by Crippen LogP contribution is 2.26. The first-order valence-corrected chi connectivity index (χ1v) is 8.57. The zero-order valence-corrected chi connectivity index (χ0v) is 13.8. The third-order valence-corrected chi connectivity index (χ3v) is 5.17. The van der Waals surface area contributed by atoms with E-state index < -0.39 is 0 Å². The molecule has 3 rings (SSSR count). The number of hydrogen-bond donors (Lipinski definition) is 0. The number of aromatic nitrogens is 1. The molecule has 2 aliphatic rings. The van der Waals surface area contributed by atoms with E-state index in [2.05, 4.69) is 29.9 Å². The molecule has 22 heavy (non-hydrogen) atoms. The van der Waals surface area contributed by atoms with Crippen LogP contribution in [0.2, 0.25) is 0 Å². The van der Waals surface area contributed by atoms with Crippen LogP contribution in [0, 0.1) is 5.92 Å². The molecule has 2 aliphatic heterocycles. The Morgan fingerprint density at radius 2 is 2.00 bits per heavy atom. The molecule has 0 aliphatic carbocycles. The number of carbonyl (C=O) groups excluding carboxylic acids is 1. The number of piperidine rings is 2. The molecule has 0 bridgehead atoms. The average Bonchev–Trinajstić information content (AvgIpc) is 2.55. The predicted octanol–water partition coefficient (Wildman–Crippen LogP) is 2.76. The van der Waals surface area contributed by atoms with Crippen LogP contribution in [0.1, 0.15) is 54.6 Å². The van der Waals surface area contributed by atoms with Gasteiger partial charge in [0, 0.05) is 25.8 Å². The Morgan fingerprint density at radius 1 is 1.23 bits per heavy atom. The lowest BCUT2D eigenvalue weighted by atomic mass is 9.91. The zero-order chi connectivity index (χ0) is 15.5. The van der Waals surface area contributed by atoms with E-state index in [0.29, 0.717) is 11.6 Å². The Hall–Kier alpha value is -1.42. The van der Waals surface area contributed by atoms with Gasteiger partial charge in [-0.15, -0.1) is 0 Å². The van der Waals surface area contributed by atoms with Gasteiger partial charge in [0.05, 0.1) is 0 Å². The molecule has 3 heterocycles. The fourth-order valence-electron chi connectivity index (χ4n) is 3.63. The summed E-state index contributed by atoms with van der Waals surface area (Å²) in [5, 5.41) is 0.